The van der Waals surface area contributed by atoms with Crippen LogP contribution in [0.15, 0.2) is 16.6 Å². The zero-order valence-electron chi connectivity index (χ0n) is 12.6. The van der Waals surface area contributed by atoms with Gasteiger partial charge in [-0.1, -0.05) is 11.6 Å². The molecule has 1 saturated heterocycles. The summed E-state index contributed by atoms with van der Waals surface area (Å²) in [5.41, 5.74) is 1.44. The van der Waals surface area contributed by atoms with Crippen molar-refractivity contribution in [3.05, 3.63) is 27.2 Å². The minimum Gasteiger partial charge on any atom is -0.446 e. The minimum absolute atomic E-state index is 0.314. The van der Waals surface area contributed by atoms with E-state index >= 15 is 0 Å². The number of aromatic nitrogens is 1. The van der Waals surface area contributed by atoms with Gasteiger partial charge in [0.05, 0.1) is 17.1 Å². The molecule has 0 spiro atoms. The second-order valence-corrected chi connectivity index (χ2v) is 6.91. The average Bonchev–Trinajstić information content (AvgIpc) is 2.88. The number of nitrogens with one attached hydrogen (secondary N) is 1. The van der Waals surface area contributed by atoms with Crippen molar-refractivity contribution in [1.29, 1.82) is 0 Å². The number of fused-ring (bicyclic) bond motifs is 1. The molecule has 2 heterocycles. The van der Waals surface area contributed by atoms with Crippen LogP contribution in [0, 0.1) is 6.92 Å². The summed E-state index contributed by atoms with van der Waals surface area (Å²) < 4.78 is 11.7. The van der Waals surface area contributed by atoms with E-state index in [9.17, 15) is 20.4 Å². The SMILES string of the molecule is Cc1c(O[C@@H]2O[C@H](CO)[C@H](O)[C@H](O)[C@H]2O)[nH]c2ccc(Br)c(Cl)c12. The maximum Gasteiger partial charge on any atom is 0.230 e. The first-order valence-corrected chi connectivity index (χ1v) is 8.45. The smallest absolute Gasteiger partial charge is 0.230 e. The van der Waals surface area contributed by atoms with Crippen LogP contribution in [0.4, 0.5) is 0 Å². The van der Waals surface area contributed by atoms with E-state index < -0.39 is 37.3 Å². The van der Waals surface area contributed by atoms with Crippen molar-refractivity contribution in [3.63, 3.8) is 0 Å². The summed E-state index contributed by atoms with van der Waals surface area (Å²) in [5, 5.41) is 40.2. The van der Waals surface area contributed by atoms with Gasteiger partial charge in [-0.05, 0) is 35.0 Å². The molecule has 3 rings (SSSR count). The molecule has 0 radical (unpaired) electrons. The molecule has 2 aromatic rings. The maximum absolute atomic E-state index is 10.1. The molecule has 9 heteroatoms. The average molecular weight is 423 g/mol. The van der Waals surface area contributed by atoms with E-state index in [2.05, 4.69) is 20.9 Å². The third-order valence-electron chi connectivity index (χ3n) is 4.14. The number of aromatic amines is 1. The fourth-order valence-electron chi connectivity index (χ4n) is 2.75. The van der Waals surface area contributed by atoms with Crippen molar-refractivity contribution in [2.75, 3.05) is 6.61 Å². The van der Waals surface area contributed by atoms with Crippen LogP contribution in [0.2, 0.25) is 5.02 Å². The monoisotopic (exact) mass is 421 g/mol. The highest BCUT2D eigenvalue weighted by Crippen LogP contribution is 2.38. The number of ether oxygens (including phenoxy) is 2. The molecule has 0 unspecified atom stereocenters. The topological polar surface area (TPSA) is 115 Å². The van der Waals surface area contributed by atoms with Crippen molar-refractivity contribution < 1.29 is 29.9 Å². The Kier molecular flexibility index (Phi) is 5.08. The van der Waals surface area contributed by atoms with E-state index in [4.69, 9.17) is 21.1 Å². The zero-order chi connectivity index (χ0) is 17.6. The number of aliphatic hydroxyl groups is 4. The number of benzene rings is 1. The van der Waals surface area contributed by atoms with E-state index in [1.807, 2.05) is 6.07 Å². The first-order chi connectivity index (χ1) is 11.3. The van der Waals surface area contributed by atoms with Gasteiger partial charge in [0.25, 0.3) is 0 Å². The minimum atomic E-state index is -1.50. The van der Waals surface area contributed by atoms with Crippen molar-refractivity contribution in [2.24, 2.45) is 0 Å². The lowest BCUT2D eigenvalue weighted by molar-refractivity contribution is -0.278. The predicted octanol–water partition coefficient (Wildman–Crippen LogP) is 1.07. The molecule has 1 aliphatic rings. The molecule has 0 aliphatic carbocycles. The van der Waals surface area contributed by atoms with Gasteiger partial charge in [-0.15, -0.1) is 0 Å². The molecule has 1 aliphatic heterocycles. The lowest BCUT2D eigenvalue weighted by atomic mass is 9.99. The van der Waals surface area contributed by atoms with Crippen molar-refractivity contribution >= 4 is 38.4 Å². The van der Waals surface area contributed by atoms with Crippen molar-refractivity contribution in [2.45, 2.75) is 37.6 Å². The van der Waals surface area contributed by atoms with Crippen LogP contribution < -0.4 is 4.74 Å². The Balaban J connectivity index is 1.92. The first kappa shape index (κ1) is 17.9. The molecule has 5 N–H and O–H groups in total. The number of H-pyrrole nitrogens is 1. The Morgan fingerprint density at radius 1 is 1.25 bits per heavy atom. The lowest BCUT2D eigenvalue weighted by Crippen LogP contribution is -2.60. The first-order valence-electron chi connectivity index (χ1n) is 7.28. The van der Waals surface area contributed by atoms with E-state index in [-0.39, 0.29) is 0 Å². The fourth-order valence-corrected chi connectivity index (χ4v) is 3.39. The molecule has 5 atom stereocenters. The molecule has 1 fully saturated rings. The van der Waals surface area contributed by atoms with Crippen LogP contribution in [-0.4, -0.2) is 62.7 Å². The summed E-state index contributed by atoms with van der Waals surface area (Å²) >= 11 is 9.65. The summed E-state index contributed by atoms with van der Waals surface area (Å²) in [6.07, 6.45) is -6.69. The Bertz CT molecular complexity index is 751. The number of rotatable bonds is 3. The Morgan fingerprint density at radius 2 is 1.96 bits per heavy atom. The molecule has 132 valence electrons. The molecular formula is C15H17BrClNO6. The number of aliphatic hydroxyl groups excluding tert-OH is 4. The second-order valence-electron chi connectivity index (χ2n) is 5.68. The van der Waals surface area contributed by atoms with Crippen LogP contribution in [0.3, 0.4) is 0 Å². The molecule has 0 bridgehead atoms. The van der Waals surface area contributed by atoms with Gasteiger partial charge in [0, 0.05) is 15.4 Å². The van der Waals surface area contributed by atoms with Crippen LogP contribution >= 0.6 is 27.5 Å². The normalized spacial score (nSPS) is 30.7. The zero-order valence-corrected chi connectivity index (χ0v) is 15.0. The van der Waals surface area contributed by atoms with Crippen LogP contribution in [0.25, 0.3) is 10.9 Å². The predicted molar refractivity (Wildman–Crippen MR) is 90.1 cm³/mol. The van der Waals surface area contributed by atoms with Crippen LogP contribution in [-0.2, 0) is 4.74 Å². The van der Waals surface area contributed by atoms with E-state index in [0.29, 0.717) is 16.5 Å². The van der Waals surface area contributed by atoms with Gasteiger partial charge in [-0.3, -0.25) is 0 Å². The molecule has 7 nitrogen and oxygen atoms in total. The van der Waals surface area contributed by atoms with E-state index in [0.717, 1.165) is 15.4 Å². The summed E-state index contributed by atoms with van der Waals surface area (Å²) in [6.45, 7) is 1.27. The van der Waals surface area contributed by atoms with Gasteiger partial charge in [0.1, 0.15) is 24.4 Å². The number of hydrogen-bond donors (Lipinski definition) is 5. The molecule has 0 amide bonds. The third-order valence-corrected chi connectivity index (χ3v) is 5.42. The van der Waals surface area contributed by atoms with E-state index in [1.165, 1.54) is 0 Å². The number of halogens is 2. The molecular weight excluding hydrogens is 406 g/mol. The third kappa shape index (κ3) is 2.92. The molecule has 1 aromatic heterocycles. The standard InChI is InChI=1S/C15H17BrClNO6/c1-5-9-7(3-2-6(16)10(9)17)18-14(5)24-15-13(22)12(21)11(20)8(4-19)23-15/h2-3,8,11-13,15,18-22H,4H2,1H3/t8-,11+,12+,13-,15+/m1/s1. The Hall–Kier alpha value is -0.870. The fraction of sp³-hybridized carbons (Fsp3) is 0.467. The highest BCUT2D eigenvalue weighted by Gasteiger charge is 2.45. The summed E-state index contributed by atoms with van der Waals surface area (Å²) in [7, 11) is 0. The van der Waals surface area contributed by atoms with Gasteiger partial charge in [0.15, 0.2) is 5.88 Å². The van der Waals surface area contributed by atoms with Crippen molar-refractivity contribution in [3.8, 4) is 5.88 Å². The lowest BCUT2D eigenvalue weighted by Gasteiger charge is -2.39. The van der Waals surface area contributed by atoms with Crippen molar-refractivity contribution in [1.82, 2.24) is 4.98 Å². The largest absolute Gasteiger partial charge is 0.446 e. The Labute approximate surface area is 150 Å². The molecule has 0 saturated carbocycles. The van der Waals surface area contributed by atoms with Gasteiger partial charge in [0.2, 0.25) is 6.29 Å². The summed E-state index contributed by atoms with van der Waals surface area (Å²) in [6, 6.07) is 3.61. The summed E-state index contributed by atoms with van der Waals surface area (Å²) in [5.74, 6) is 0.314. The maximum atomic E-state index is 10.1. The van der Waals surface area contributed by atoms with Gasteiger partial charge in [-0.25, -0.2) is 0 Å². The number of hydrogen-bond acceptors (Lipinski definition) is 6. The van der Waals surface area contributed by atoms with Gasteiger partial charge in [-0.2, -0.15) is 0 Å². The quantitative estimate of drug-likeness (QED) is 0.505. The second kappa shape index (κ2) is 6.80. The van der Waals surface area contributed by atoms with Crippen LogP contribution in [0.1, 0.15) is 5.56 Å². The Morgan fingerprint density at radius 3 is 2.62 bits per heavy atom. The highest BCUT2D eigenvalue weighted by molar-refractivity contribution is 9.10. The van der Waals surface area contributed by atoms with E-state index in [1.54, 1.807) is 13.0 Å². The highest BCUT2D eigenvalue weighted by atomic mass is 79.9. The molecule has 24 heavy (non-hydrogen) atoms. The van der Waals surface area contributed by atoms with Gasteiger partial charge >= 0.3 is 0 Å². The molecule has 1 aromatic carbocycles. The summed E-state index contributed by atoms with van der Waals surface area (Å²) in [4.78, 5) is 3.03. The number of aryl methyl sites for hydroxylation is 1. The van der Waals surface area contributed by atoms with Crippen LogP contribution in [0.5, 0.6) is 5.88 Å². The van der Waals surface area contributed by atoms with Gasteiger partial charge < -0.3 is 34.9 Å².